The molecule has 0 aromatic heterocycles. The van der Waals surface area contributed by atoms with Crippen LogP contribution in [0.5, 0.6) is 0 Å². The number of carbonyl (C=O) groups is 2. The number of ether oxygens (including phenoxy) is 1. The van der Waals surface area contributed by atoms with Crippen LogP contribution in [0.2, 0.25) is 5.02 Å². The lowest BCUT2D eigenvalue weighted by Crippen LogP contribution is -2.51. The largest absolute Gasteiger partial charge is 0.479 e. The van der Waals surface area contributed by atoms with Gasteiger partial charge in [0.25, 0.3) is 5.91 Å². The first-order valence-corrected chi connectivity index (χ1v) is 6.28. The summed E-state index contributed by atoms with van der Waals surface area (Å²) in [7, 11) is 0. The molecule has 6 heteroatoms. The molecule has 1 N–H and O–H groups in total. The van der Waals surface area contributed by atoms with E-state index in [1.165, 1.54) is 4.90 Å². The van der Waals surface area contributed by atoms with E-state index in [0.29, 0.717) is 17.1 Å². The number of nitrogens with zero attached hydrogens (tertiary/aromatic N) is 1. The van der Waals surface area contributed by atoms with E-state index in [4.69, 9.17) is 21.4 Å². The zero-order valence-electron chi connectivity index (χ0n) is 10.4. The summed E-state index contributed by atoms with van der Waals surface area (Å²) in [6.07, 6.45) is -1.29. The van der Waals surface area contributed by atoms with Crippen LogP contribution in [0.25, 0.3) is 0 Å². The van der Waals surface area contributed by atoms with Crippen LogP contribution in [0.3, 0.4) is 0 Å². The zero-order chi connectivity index (χ0) is 14.0. The molecule has 1 fully saturated rings. The van der Waals surface area contributed by atoms with Crippen LogP contribution in [0.4, 0.5) is 0 Å². The molecule has 1 saturated heterocycles. The van der Waals surface area contributed by atoms with Gasteiger partial charge in [0.15, 0.2) is 6.10 Å². The van der Waals surface area contributed by atoms with Crippen LogP contribution in [0.1, 0.15) is 17.3 Å². The lowest BCUT2D eigenvalue weighted by molar-refractivity contribution is -0.160. The average Bonchev–Trinajstić information content (AvgIpc) is 2.37. The third kappa shape index (κ3) is 3.24. The smallest absolute Gasteiger partial charge is 0.334 e. The second-order valence-corrected chi connectivity index (χ2v) is 4.93. The number of aliphatic carboxylic acids is 1. The van der Waals surface area contributed by atoms with Gasteiger partial charge in [0, 0.05) is 17.1 Å². The SMILES string of the molecule is C[C@@H]1CN(C(=O)c2cccc(Cl)c2)CC(C(=O)O)O1. The number of carboxylic acids is 1. The topological polar surface area (TPSA) is 66.8 Å². The second-order valence-electron chi connectivity index (χ2n) is 4.49. The lowest BCUT2D eigenvalue weighted by atomic mass is 10.1. The maximum absolute atomic E-state index is 12.3. The van der Waals surface area contributed by atoms with Crippen molar-refractivity contribution < 1.29 is 19.4 Å². The molecule has 2 rings (SSSR count). The van der Waals surface area contributed by atoms with Crippen molar-refractivity contribution in [3.8, 4) is 0 Å². The summed E-state index contributed by atoms with van der Waals surface area (Å²) in [5.41, 5.74) is 0.450. The molecule has 0 saturated carbocycles. The molecule has 1 aromatic carbocycles. The Bertz CT molecular complexity index is 505. The molecule has 19 heavy (non-hydrogen) atoms. The molecule has 0 bridgehead atoms. The molecule has 1 unspecified atom stereocenters. The van der Waals surface area contributed by atoms with E-state index in [1.54, 1.807) is 31.2 Å². The van der Waals surface area contributed by atoms with E-state index in [2.05, 4.69) is 0 Å². The summed E-state index contributed by atoms with van der Waals surface area (Å²) in [6.45, 7) is 2.16. The average molecular weight is 284 g/mol. The summed E-state index contributed by atoms with van der Waals surface area (Å²) in [4.78, 5) is 24.7. The molecule has 1 aliphatic rings. The Labute approximate surface area is 115 Å². The molecular weight excluding hydrogens is 270 g/mol. The van der Waals surface area contributed by atoms with Crippen molar-refractivity contribution in [3.05, 3.63) is 34.9 Å². The number of rotatable bonds is 2. The van der Waals surface area contributed by atoms with Gasteiger partial charge in [0.2, 0.25) is 0 Å². The lowest BCUT2D eigenvalue weighted by Gasteiger charge is -2.35. The number of amides is 1. The highest BCUT2D eigenvalue weighted by Gasteiger charge is 2.32. The zero-order valence-corrected chi connectivity index (χ0v) is 11.1. The molecule has 5 nitrogen and oxygen atoms in total. The Kier molecular flexibility index (Phi) is 4.07. The molecule has 102 valence electrons. The van der Waals surface area contributed by atoms with Crippen molar-refractivity contribution in [2.75, 3.05) is 13.1 Å². The predicted octanol–water partition coefficient (Wildman–Crippen LogP) is 1.65. The van der Waals surface area contributed by atoms with Gasteiger partial charge in [-0.3, -0.25) is 4.79 Å². The Morgan fingerprint density at radius 1 is 1.42 bits per heavy atom. The molecular formula is C13H14ClNO4. The van der Waals surface area contributed by atoms with Crippen molar-refractivity contribution >= 4 is 23.5 Å². The quantitative estimate of drug-likeness (QED) is 0.896. The Morgan fingerprint density at radius 3 is 2.79 bits per heavy atom. The minimum Gasteiger partial charge on any atom is -0.479 e. The van der Waals surface area contributed by atoms with Crippen LogP contribution in [-0.4, -0.2) is 47.2 Å². The Hall–Kier alpha value is -1.59. The van der Waals surface area contributed by atoms with E-state index in [1.807, 2.05) is 0 Å². The molecule has 0 radical (unpaired) electrons. The number of hydrogen-bond acceptors (Lipinski definition) is 3. The fourth-order valence-electron chi connectivity index (χ4n) is 2.06. The predicted molar refractivity (Wildman–Crippen MR) is 69.3 cm³/mol. The van der Waals surface area contributed by atoms with Crippen LogP contribution < -0.4 is 0 Å². The monoisotopic (exact) mass is 283 g/mol. The van der Waals surface area contributed by atoms with Gasteiger partial charge in [-0.1, -0.05) is 17.7 Å². The first kappa shape index (κ1) is 13.8. The number of halogens is 1. The first-order valence-electron chi connectivity index (χ1n) is 5.90. The highest BCUT2D eigenvalue weighted by Crippen LogP contribution is 2.17. The standard InChI is InChI=1S/C13H14ClNO4/c1-8-6-15(7-11(19-8)13(17)18)12(16)9-3-2-4-10(14)5-9/h2-5,8,11H,6-7H2,1H3,(H,17,18)/t8-,11?/m1/s1. The molecule has 1 aromatic rings. The summed E-state index contributed by atoms with van der Waals surface area (Å²) in [5.74, 6) is -1.29. The fraction of sp³-hybridized carbons (Fsp3) is 0.385. The van der Waals surface area contributed by atoms with E-state index < -0.39 is 12.1 Å². The number of benzene rings is 1. The summed E-state index contributed by atoms with van der Waals surface area (Å²) in [5, 5.41) is 9.46. The first-order chi connectivity index (χ1) is 8.97. The van der Waals surface area contributed by atoms with Crippen LogP contribution in [0.15, 0.2) is 24.3 Å². The van der Waals surface area contributed by atoms with Crippen molar-refractivity contribution in [1.29, 1.82) is 0 Å². The third-order valence-corrected chi connectivity index (χ3v) is 3.13. The maximum Gasteiger partial charge on any atom is 0.334 e. The fourth-order valence-corrected chi connectivity index (χ4v) is 2.25. The van der Waals surface area contributed by atoms with E-state index in [-0.39, 0.29) is 18.6 Å². The van der Waals surface area contributed by atoms with E-state index >= 15 is 0 Å². The van der Waals surface area contributed by atoms with Crippen molar-refractivity contribution in [1.82, 2.24) is 4.90 Å². The normalized spacial score (nSPS) is 23.2. The van der Waals surface area contributed by atoms with Gasteiger partial charge < -0.3 is 14.7 Å². The highest BCUT2D eigenvalue weighted by atomic mass is 35.5. The second kappa shape index (κ2) is 5.59. The molecule has 1 aliphatic heterocycles. The molecule has 2 atom stereocenters. The number of morpholine rings is 1. The molecule has 1 heterocycles. The van der Waals surface area contributed by atoms with Crippen molar-refractivity contribution in [3.63, 3.8) is 0 Å². The Balaban J connectivity index is 2.16. The van der Waals surface area contributed by atoms with E-state index in [0.717, 1.165) is 0 Å². The Morgan fingerprint density at radius 2 is 2.16 bits per heavy atom. The number of hydrogen-bond donors (Lipinski definition) is 1. The van der Waals surface area contributed by atoms with Gasteiger partial charge in [-0.05, 0) is 25.1 Å². The van der Waals surface area contributed by atoms with Gasteiger partial charge in [0.05, 0.1) is 12.6 Å². The van der Waals surface area contributed by atoms with Gasteiger partial charge in [-0.2, -0.15) is 0 Å². The van der Waals surface area contributed by atoms with Crippen LogP contribution in [0, 0.1) is 0 Å². The minimum absolute atomic E-state index is 0.0466. The van der Waals surface area contributed by atoms with Crippen molar-refractivity contribution in [2.24, 2.45) is 0 Å². The van der Waals surface area contributed by atoms with Gasteiger partial charge in [-0.15, -0.1) is 0 Å². The van der Waals surface area contributed by atoms with Gasteiger partial charge in [-0.25, -0.2) is 4.79 Å². The molecule has 0 spiro atoms. The van der Waals surface area contributed by atoms with Gasteiger partial charge >= 0.3 is 5.97 Å². The molecule has 0 aliphatic carbocycles. The van der Waals surface area contributed by atoms with Crippen molar-refractivity contribution in [2.45, 2.75) is 19.1 Å². The van der Waals surface area contributed by atoms with Crippen LogP contribution >= 0.6 is 11.6 Å². The van der Waals surface area contributed by atoms with Crippen LogP contribution in [-0.2, 0) is 9.53 Å². The maximum atomic E-state index is 12.3. The summed E-state index contributed by atoms with van der Waals surface area (Å²) < 4.78 is 5.27. The minimum atomic E-state index is -1.06. The molecule has 1 amide bonds. The summed E-state index contributed by atoms with van der Waals surface area (Å²) >= 11 is 5.85. The summed E-state index contributed by atoms with van der Waals surface area (Å²) in [6, 6.07) is 6.60. The third-order valence-electron chi connectivity index (χ3n) is 2.89. The van der Waals surface area contributed by atoms with E-state index in [9.17, 15) is 9.59 Å². The number of carbonyl (C=O) groups excluding carboxylic acids is 1. The highest BCUT2D eigenvalue weighted by molar-refractivity contribution is 6.30. The number of carboxylic acid groups (broad SMARTS) is 1. The van der Waals surface area contributed by atoms with Gasteiger partial charge in [0.1, 0.15) is 0 Å².